The molecule has 11 nitrogen and oxygen atoms in total. The van der Waals surface area contributed by atoms with Gasteiger partial charge < -0.3 is 4.74 Å². The summed E-state index contributed by atoms with van der Waals surface area (Å²) in [6, 6.07) is 10.1. The molecule has 6 rings (SSSR count). The zero-order valence-electron chi connectivity index (χ0n) is 22.8. The summed E-state index contributed by atoms with van der Waals surface area (Å²) in [5.74, 6) is -0.666. The van der Waals surface area contributed by atoms with Crippen LogP contribution in [0, 0.1) is 5.82 Å². The summed E-state index contributed by atoms with van der Waals surface area (Å²) in [6.45, 7) is 0.581. The normalized spacial score (nSPS) is 12.5. The van der Waals surface area contributed by atoms with Gasteiger partial charge in [0.1, 0.15) is 18.1 Å². The molecule has 0 aliphatic carbocycles. The Balaban J connectivity index is 1.38. The second kappa shape index (κ2) is 11.9. The molecule has 0 spiro atoms. The molecule has 5 heterocycles. The number of nitrogens with zero attached hydrogens (tertiary/aromatic N) is 10. The summed E-state index contributed by atoms with van der Waals surface area (Å²) in [5, 5.41) is 20.0. The molecule has 1 aromatic carbocycles. The van der Waals surface area contributed by atoms with Crippen molar-refractivity contribution in [1.29, 1.82) is 0 Å². The van der Waals surface area contributed by atoms with Gasteiger partial charge in [0.25, 0.3) is 0 Å². The summed E-state index contributed by atoms with van der Waals surface area (Å²) in [7, 11) is 1.56. The van der Waals surface area contributed by atoms with E-state index < -0.39 is 23.7 Å². The Labute approximate surface area is 251 Å². The van der Waals surface area contributed by atoms with Gasteiger partial charge in [-0.05, 0) is 52.4 Å². The molecule has 0 fully saturated rings. The zero-order chi connectivity index (χ0) is 30.8. The molecule has 0 aliphatic heterocycles. The van der Waals surface area contributed by atoms with Crippen molar-refractivity contribution in [1.82, 2.24) is 49.7 Å². The maximum absolute atomic E-state index is 15.3. The zero-order valence-corrected chi connectivity index (χ0v) is 23.5. The van der Waals surface area contributed by atoms with Crippen molar-refractivity contribution in [2.45, 2.75) is 25.4 Å². The van der Waals surface area contributed by atoms with Crippen LogP contribution in [-0.2, 0) is 24.1 Å². The lowest BCUT2D eigenvalue weighted by atomic mass is 10.0. The van der Waals surface area contributed by atoms with E-state index in [1.54, 1.807) is 47.1 Å². The minimum atomic E-state index is -4.59. The smallest absolute Gasteiger partial charge is 0.378 e. The third-order valence-corrected chi connectivity index (χ3v) is 7.03. The van der Waals surface area contributed by atoms with Crippen molar-refractivity contribution in [3.05, 3.63) is 108 Å². The molecular weight excluding hydrogens is 604 g/mol. The molecule has 5 aromatic heterocycles. The van der Waals surface area contributed by atoms with E-state index in [-0.39, 0.29) is 17.1 Å². The molecule has 0 N–H and O–H groups in total. The van der Waals surface area contributed by atoms with E-state index in [1.165, 1.54) is 35.5 Å². The third kappa shape index (κ3) is 5.91. The maximum Gasteiger partial charge on any atom is 0.433 e. The first kappa shape index (κ1) is 29.1. The van der Waals surface area contributed by atoms with Gasteiger partial charge >= 0.3 is 6.18 Å². The molecule has 0 amide bonds. The van der Waals surface area contributed by atoms with Crippen LogP contribution in [0.25, 0.3) is 27.9 Å². The summed E-state index contributed by atoms with van der Waals surface area (Å²) < 4.78 is 65.0. The number of hydrogen-bond donors (Lipinski definition) is 0. The molecule has 0 saturated carbocycles. The van der Waals surface area contributed by atoms with Crippen LogP contribution in [0.15, 0.2) is 79.8 Å². The first-order valence-electron chi connectivity index (χ1n) is 13.0. The molecule has 0 radical (unpaired) electrons. The molecule has 0 unspecified atom stereocenters. The minimum Gasteiger partial charge on any atom is -0.378 e. The average molecular weight is 625 g/mol. The number of aromatic nitrogens is 10. The number of alkyl halides is 3. The Kier molecular flexibility index (Phi) is 7.88. The third-order valence-electron chi connectivity index (χ3n) is 6.74. The van der Waals surface area contributed by atoms with Crippen LogP contribution in [0.1, 0.15) is 23.1 Å². The SMILES string of the molecule is COCc1ccn(C[C@H](c2ccc(-c3c(-n4cnnn4)ccc(Cl)c3F)cn2)n2cc(-c3ccnc(C(F)(F)F)c3)cn2)n1. The quantitative estimate of drug-likeness (QED) is 0.196. The predicted molar refractivity (Wildman–Crippen MR) is 149 cm³/mol. The Bertz CT molecular complexity index is 1890. The van der Waals surface area contributed by atoms with Crippen LogP contribution in [0.2, 0.25) is 5.02 Å². The molecule has 1 atom stereocenters. The topological polar surface area (TPSA) is 114 Å². The van der Waals surface area contributed by atoms with E-state index in [4.69, 9.17) is 16.3 Å². The lowest BCUT2D eigenvalue weighted by Crippen LogP contribution is -2.19. The van der Waals surface area contributed by atoms with Crippen LogP contribution < -0.4 is 0 Å². The minimum absolute atomic E-state index is 0.0850. The maximum atomic E-state index is 15.3. The lowest BCUT2D eigenvalue weighted by Gasteiger charge is -2.18. The van der Waals surface area contributed by atoms with Gasteiger partial charge in [0, 0.05) is 48.6 Å². The van der Waals surface area contributed by atoms with Gasteiger partial charge in [-0.3, -0.25) is 19.3 Å². The molecule has 0 aliphatic rings. The first-order chi connectivity index (χ1) is 21.2. The van der Waals surface area contributed by atoms with Crippen LogP contribution in [0.4, 0.5) is 17.6 Å². The highest BCUT2D eigenvalue weighted by molar-refractivity contribution is 6.31. The number of hydrogen-bond acceptors (Lipinski definition) is 8. The van der Waals surface area contributed by atoms with Gasteiger partial charge in [-0.25, -0.2) is 4.39 Å². The summed E-state index contributed by atoms with van der Waals surface area (Å²) >= 11 is 6.11. The fourth-order valence-electron chi connectivity index (χ4n) is 4.67. The molecule has 0 bridgehead atoms. The van der Waals surface area contributed by atoms with Crippen LogP contribution in [0.5, 0.6) is 0 Å². The monoisotopic (exact) mass is 624 g/mol. The van der Waals surface area contributed by atoms with Gasteiger partial charge in [0.2, 0.25) is 0 Å². The summed E-state index contributed by atoms with van der Waals surface area (Å²) in [5.41, 5.74) is 1.91. The molecule has 6 aromatic rings. The van der Waals surface area contributed by atoms with E-state index in [2.05, 4.69) is 35.7 Å². The Hall–Kier alpha value is -5.02. The molecule has 16 heteroatoms. The van der Waals surface area contributed by atoms with Crippen molar-refractivity contribution in [2.75, 3.05) is 7.11 Å². The van der Waals surface area contributed by atoms with E-state index in [0.29, 0.717) is 40.4 Å². The van der Waals surface area contributed by atoms with Gasteiger partial charge in [0.15, 0.2) is 5.82 Å². The standard InChI is InChI=1S/C28H21ClF4N10O/c1-44-15-20-7-9-41(38-20)14-24(42-13-19(12-37-42)17-6-8-34-25(10-17)28(31,32)33)22-4-2-18(11-35-22)26-23(43-16-36-39-40-43)5-3-21(29)27(26)30/h2-13,16,24H,14-15H2,1H3/t24-/m1/s1. The highest BCUT2D eigenvalue weighted by atomic mass is 35.5. The van der Waals surface area contributed by atoms with E-state index in [9.17, 15) is 13.2 Å². The second-order valence-electron chi connectivity index (χ2n) is 9.60. The molecule has 44 heavy (non-hydrogen) atoms. The summed E-state index contributed by atoms with van der Waals surface area (Å²) in [6.07, 6.45) is 4.21. The van der Waals surface area contributed by atoms with Gasteiger partial charge in [-0.1, -0.05) is 17.7 Å². The van der Waals surface area contributed by atoms with E-state index in [0.717, 1.165) is 12.3 Å². The van der Waals surface area contributed by atoms with Gasteiger partial charge in [-0.2, -0.15) is 28.1 Å². The first-order valence-corrected chi connectivity index (χ1v) is 13.4. The highest BCUT2D eigenvalue weighted by Crippen LogP contribution is 2.34. The van der Waals surface area contributed by atoms with Crippen LogP contribution in [-0.4, -0.2) is 56.8 Å². The van der Waals surface area contributed by atoms with Crippen LogP contribution >= 0.6 is 11.6 Å². The van der Waals surface area contributed by atoms with Crippen molar-refractivity contribution >= 4 is 11.6 Å². The fourth-order valence-corrected chi connectivity index (χ4v) is 4.83. The molecular formula is C28H21ClF4N10O. The number of ether oxygens (including phenoxy) is 1. The predicted octanol–water partition coefficient (Wildman–Crippen LogP) is 5.43. The number of methoxy groups -OCH3 is 1. The highest BCUT2D eigenvalue weighted by Gasteiger charge is 2.32. The summed E-state index contributed by atoms with van der Waals surface area (Å²) in [4.78, 5) is 8.07. The second-order valence-corrected chi connectivity index (χ2v) is 10.0. The lowest BCUT2D eigenvalue weighted by molar-refractivity contribution is -0.141. The van der Waals surface area contributed by atoms with Crippen molar-refractivity contribution in [3.8, 4) is 27.9 Å². The number of tetrazole rings is 1. The van der Waals surface area contributed by atoms with Crippen molar-refractivity contribution < 1.29 is 22.3 Å². The molecule has 0 saturated heterocycles. The molecule has 224 valence electrons. The number of benzene rings is 1. The van der Waals surface area contributed by atoms with Crippen LogP contribution in [0.3, 0.4) is 0 Å². The van der Waals surface area contributed by atoms with Gasteiger partial charge in [-0.15, -0.1) is 5.10 Å². The van der Waals surface area contributed by atoms with E-state index >= 15 is 4.39 Å². The van der Waals surface area contributed by atoms with Gasteiger partial charge in [0.05, 0.1) is 41.4 Å². The van der Waals surface area contributed by atoms with Crippen molar-refractivity contribution in [2.24, 2.45) is 0 Å². The largest absolute Gasteiger partial charge is 0.433 e. The Morgan fingerprint density at radius 2 is 1.86 bits per heavy atom. The fraction of sp³-hybridized carbons (Fsp3) is 0.179. The number of halogens is 5. The average Bonchev–Trinajstić information content (AvgIpc) is 3.80. The van der Waals surface area contributed by atoms with E-state index in [1.807, 2.05) is 6.07 Å². The van der Waals surface area contributed by atoms with Crippen molar-refractivity contribution in [3.63, 3.8) is 0 Å². The number of rotatable bonds is 9. The Morgan fingerprint density at radius 3 is 2.59 bits per heavy atom. The number of pyridine rings is 2. The Morgan fingerprint density at radius 1 is 1.00 bits per heavy atom.